The van der Waals surface area contributed by atoms with Gasteiger partial charge in [0.05, 0.1) is 0 Å². The van der Waals surface area contributed by atoms with Gasteiger partial charge in [0.25, 0.3) is 5.91 Å². The van der Waals surface area contributed by atoms with Gasteiger partial charge in [-0.1, -0.05) is 51.5 Å². The molecule has 0 saturated heterocycles. The van der Waals surface area contributed by atoms with E-state index in [1.54, 1.807) is 0 Å². The number of hydrogen-bond acceptors (Lipinski definition) is 3. The minimum Gasteiger partial charge on any atom is -0.461 e. The van der Waals surface area contributed by atoms with Gasteiger partial charge in [0.2, 0.25) is 5.91 Å². The number of furan rings is 1. The van der Waals surface area contributed by atoms with Crippen molar-refractivity contribution < 1.29 is 14.0 Å². The highest BCUT2D eigenvalue weighted by Gasteiger charge is 2.24. The molecule has 5 nitrogen and oxygen atoms in total. The fourth-order valence-corrected chi connectivity index (χ4v) is 4.32. The van der Waals surface area contributed by atoms with Crippen LogP contribution in [0.1, 0.15) is 67.3 Å². The van der Waals surface area contributed by atoms with Gasteiger partial charge in [0.15, 0.2) is 0 Å². The maximum Gasteiger partial charge on any atom is 0.255 e. The first-order chi connectivity index (χ1) is 16.4. The second-order valence-electron chi connectivity index (χ2n) is 9.56. The highest BCUT2D eigenvalue weighted by atomic mass is 16.3. The molecule has 178 valence electrons. The first-order valence-corrected chi connectivity index (χ1v) is 12.3. The zero-order valence-electron chi connectivity index (χ0n) is 20.4. The van der Waals surface area contributed by atoms with Crippen LogP contribution in [0.4, 0.5) is 5.69 Å². The summed E-state index contributed by atoms with van der Waals surface area (Å²) in [6.45, 7) is 7.60. The summed E-state index contributed by atoms with van der Waals surface area (Å²) >= 11 is 0. The molecule has 1 aliphatic rings. The Morgan fingerprint density at radius 2 is 1.88 bits per heavy atom. The van der Waals surface area contributed by atoms with E-state index in [1.807, 2.05) is 59.5 Å². The number of fused-ring (bicyclic) bond motifs is 1. The molecule has 0 fully saturated rings. The third kappa shape index (κ3) is 5.77. The van der Waals surface area contributed by atoms with Crippen LogP contribution in [-0.2, 0) is 24.2 Å². The van der Waals surface area contributed by atoms with Crippen molar-refractivity contribution in [2.45, 2.75) is 59.4 Å². The van der Waals surface area contributed by atoms with Crippen LogP contribution in [0.3, 0.4) is 0 Å². The van der Waals surface area contributed by atoms with Crippen LogP contribution in [0, 0.1) is 5.92 Å². The van der Waals surface area contributed by atoms with Crippen LogP contribution in [0.15, 0.2) is 59.0 Å². The average Bonchev–Trinajstić information content (AvgIpc) is 3.26. The normalized spacial score (nSPS) is 13.1. The van der Waals surface area contributed by atoms with Crippen molar-refractivity contribution in [2.75, 3.05) is 11.9 Å². The van der Waals surface area contributed by atoms with Crippen LogP contribution >= 0.6 is 0 Å². The van der Waals surface area contributed by atoms with Gasteiger partial charge in [-0.15, -0.1) is 0 Å². The zero-order chi connectivity index (χ0) is 24.1. The Bertz CT molecular complexity index is 1140. The smallest absolute Gasteiger partial charge is 0.255 e. The molecule has 1 aromatic heterocycles. The molecule has 0 aliphatic carbocycles. The molecule has 34 heavy (non-hydrogen) atoms. The summed E-state index contributed by atoms with van der Waals surface area (Å²) in [6.07, 6.45) is 4.65. The summed E-state index contributed by atoms with van der Waals surface area (Å²) in [7, 11) is 0. The van der Waals surface area contributed by atoms with E-state index in [4.69, 9.17) is 4.42 Å². The van der Waals surface area contributed by atoms with Crippen LogP contribution < -0.4 is 5.32 Å². The lowest BCUT2D eigenvalue weighted by atomic mass is 10.0. The third-order valence-electron chi connectivity index (χ3n) is 6.24. The molecule has 0 radical (unpaired) electrons. The minimum atomic E-state index is -0.128. The van der Waals surface area contributed by atoms with Crippen LogP contribution in [0.25, 0.3) is 11.3 Å². The average molecular weight is 459 g/mol. The summed E-state index contributed by atoms with van der Waals surface area (Å²) in [5.41, 5.74) is 4.59. The Morgan fingerprint density at radius 1 is 1.09 bits per heavy atom. The van der Waals surface area contributed by atoms with E-state index in [0.29, 0.717) is 31.0 Å². The molecule has 2 heterocycles. The number of nitrogens with zero attached hydrogens (tertiary/aromatic N) is 1. The molecule has 0 atom stereocenters. The van der Waals surface area contributed by atoms with Gasteiger partial charge in [-0.3, -0.25) is 9.59 Å². The van der Waals surface area contributed by atoms with E-state index < -0.39 is 0 Å². The van der Waals surface area contributed by atoms with Crippen LogP contribution in [-0.4, -0.2) is 23.3 Å². The maximum absolute atomic E-state index is 12.8. The first kappa shape index (κ1) is 23.8. The van der Waals surface area contributed by atoms with Crippen molar-refractivity contribution >= 4 is 17.5 Å². The number of carbonyl (C=O) groups excluding carboxylic acids is 2. The van der Waals surface area contributed by atoms with E-state index in [0.717, 1.165) is 54.0 Å². The summed E-state index contributed by atoms with van der Waals surface area (Å²) in [4.78, 5) is 27.2. The number of aryl methyl sites for hydroxylation is 1. The molecule has 5 heteroatoms. The summed E-state index contributed by atoms with van der Waals surface area (Å²) < 4.78 is 6.14. The predicted octanol–water partition coefficient (Wildman–Crippen LogP) is 6.47. The highest BCUT2D eigenvalue weighted by Crippen LogP contribution is 2.31. The molecule has 0 bridgehead atoms. The lowest BCUT2D eigenvalue weighted by Gasteiger charge is -2.26. The fraction of sp³-hybridized carbons (Fsp3) is 0.379. The minimum absolute atomic E-state index is 0.128. The number of nitrogens with one attached hydrogen (secondary N) is 1. The Hall–Kier alpha value is -3.34. The van der Waals surface area contributed by atoms with Crippen molar-refractivity contribution in [3.63, 3.8) is 0 Å². The monoisotopic (exact) mass is 458 g/mol. The van der Waals surface area contributed by atoms with Crippen molar-refractivity contribution in [2.24, 2.45) is 5.92 Å². The highest BCUT2D eigenvalue weighted by molar-refractivity contribution is 6.04. The fourth-order valence-electron chi connectivity index (χ4n) is 4.32. The molecule has 0 saturated carbocycles. The third-order valence-corrected chi connectivity index (χ3v) is 6.24. The quantitative estimate of drug-likeness (QED) is 0.421. The molecule has 1 N–H and O–H groups in total. The van der Waals surface area contributed by atoms with Gasteiger partial charge >= 0.3 is 0 Å². The van der Waals surface area contributed by atoms with Gasteiger partial charge < -0.3 is 14.6 Å². The lowest BCUT2D eigenvalue weighted by molar-refractivity contribution is -0.132. The molecule has 2 amide bonds. The van der Waals surface area contributed by atoms with Crippen molar-refractivity contribution in [1.29, 1.82) is 0 Å². The number of hydrogen-bond donors (Lipinski definition) is 1. The second kappa shape index (κ2) is 10.7. The standard InChI is InChI=1S/C29H34N2O3/c1-4-5-7-21-10-12-22(13-11-21)29(33)30-25-9-6-8-23(17-25)27-18-24-19-31(15-14-26(24)34-27)28(32)16-20(2)3/h6,8-13,17-18,20H,4-5,7,14-16,19H2,1-3H3,(H,30,33). The van der Waals surface area contributed by atoms with E-state index in [2.05, 4.69) is 26.1 Å². The van der Waals surface area contributed by atoms with Crippen LogP contribution in [0.2, 0.25) is 0 Å². The van der Waals surface area contributed by atoms with Crippen molar-refractivity contribution in [3.8, 4) is 11.3 Å². The summed E-state index contributed by atoms with van der Waals surface area (Å²) in [5, 5.41) is 3.00. The first-order valence-electron chi connectivity index (χ1n) is 12.3. The number of amides is 2. The Kier molecular flexibility index (Phi) is 7.51. The van der Waals surface area contributed by atoms with E-state index in [9.17, 15) is 9.59 Å². The largest absolute Gasteiger partial charge is 0.461 e. The second-order valence-corrected chi connectivity index (χ2v) is 9.56. The number of unbranched alkanes of at least 4 members (excludes halogenated alkanes) is 1. The van der Waals surface area contributed by atoms with E-state index in [1.165, 1.54) is 5.56 Å². The lowest BCUT2D eigenvalue weighted by Crippen LogP contribution is -2.35. The Morgan fingerprint density at radius 3 is 2.62 bits per heavy atom. The molecular weight excluding hydrogens is 424 g/mol. The van der Waals surface area contributed by atoms with Gasteiger partial charge in [-0.25, -0.2) is 0 Å². The van der Waals surface area contributed by atoms with Gasteiger partial charge in [-0.2, -0.15) is 0 Å². The van der Waals surface area contributed by atoms with E-state index in [-0.39, 0.29) is 11.8 Å². The summed E-state index contributed by atoms with van der Waals surface area (Å²) in [5.74, 6) is 2.13. The Balaban J connectivity index is 1.44. The molecule has 1 aliphatic heterocycles. The molecule has 0 spiro atoms. The van der Waals surface area contributed by atoms with Gasteiger partial charge in [0.1, 0.15) is 11.5 Å². The SMILES string of the molecule is CCCCc1ccc(C(=O)Nc2cccc(-c3cc4c(o3)CCN(C(=O)CC(C)C)C4)c2)cc1. The predicted molar refractivity (Wildman–Crippen MR) is 136 cm³/mol. The molecule has 3 aromatic rings. The van der Waals surface area contributed by atoms with E-state index >= 15 is 0 Å². The summed E-state index contributed by atoms with van der Waals surface area (Å²) in [6, 6.07) is 17.6. The van der Waals surface area contributed by atoms with Crippen LogP contribution in [0.5, 0.6) is 0 Å². The number of benzene rings is 2. The molecular formula is C29H34N2O3. The van der Waals surface area contributed by atoms with Crippen molar-refractivity contribution in [1.82, 2.24) is 4.90 Å². The van der Waals surface area contributed by atoms with Gasteiger partial charge in [-0.05, 0) is 54.7 Å². The van der Waals surface area contributed by atoms with Gasteiger partial charge in [0, 0.05) is 48.3 Å². The number of anilines is 1. The molecule has 2 aromatic carbocycles. The molecule has 0 unspecified atom stereocenters. The topological polar surface area (TPSA) is 62.6 Å². The number of rotatable bonds is 8. The number of carbonyl (C=O) groups is 2. The van der Waals surface area contributed by atoms with Crippen molar-refractivity contribution in [3.05, 3.63) is 77.0 Å². The Labute approximate surface area is 202 Å². The molecule has 4 rings (SSSR count). The zero-order valence-corrected chi connectivity index (χ0v) is 20.4. The maximum atomic E-state index is 12.8.